The Balaban J connectivity index is 1.35. The van der Waals surface area contributed by atoms with E-state index in [1.54, 1.807) is 5.56 Å². The maximum atomic E-state index is 2.73. The highest BCUT2D eigenvalue weighted by Gasteiger charge is 2.37. The molecule has 0 amide bonds. The van der Waals surface area contributed by atoms with Crippen molar-refractivity contribution in [2.24, 2.45) is 0 Å². The molecule has 3 aliphatic carbocycles. The fourth-order valence-corrected chi connectivity index (χ4v) is 10.3. The van der Waals surface area contributed by atoms with Gasteiger partial charge in [0.1, 0.15) is 0 Å². The molecule has 2 aliphatic heterocycles. The first-order chi connectivity index (χ1) is 24.7. The minimum atomic E-state index is -0.161. The van der Waals surface area contributed by atoms with Crippen LogP contribution in [0.4, 0.5) is 11.4 Å². The van der Waals surface area contributed by atoms with E-state index in [1.807, 2.05) is 0 Å². The summed E-state index contributed by atoms with van der Waals surface area (Å²) in [6.45, 7) is 7.14. The highest BCUT2D eigenvalue weighted by Crippen LogP contribution is 2.51. The third kappa shape index (κ3) is 4.69. The van der Waals surface area contributed by atoms with Crippen LogP contribution in [0.25, 0.3) is 45.5 Å². The average Bonchev–Trinajstić information content (AvgIpc) is 3.51. The predicted molar refractivity (Wildman–Crippen MR) is 214 cm³/mol. The largest absolute Gasteiger partial charge is 0.372 e. The molecule has 0 bridgehead atoms. The first-order valence-corrected chi connectivity index (χ1v) is 19.6. The number of benzene rings is 4. The van der Waals surface area contributed by atoms with Crippen molar-refractivity contribution in [3.05, 3.63) is 118 Å². The third-order valence-electron chi connectivity index (χ3n) is 12.8. The van der Waals surface area contributed by atoms with Crippen LogP contribution in [0, 0.1) is 0 Å². The van der Waals surface area contributed by atoms with Crippen molar-refractivity contribution in [3.63, 3.8) is 0 Å². The van der Waals surface area contributed by atoms with Crippen molar-refractivity contribution in [2.75, 3.05) is 36.0 Å². The van der Waals surface area contributed by atoms with Crippen molar-refractivity contribution in [2.45, 2.75) is 83.0 Å². The summed E-state index contributed by atoms with van der Waals surface area (Å²) in [4.78, 5) is 5.31. The monoisotopic (exact) mass is 655 g/mol. The molecule has 10 rings (SSSR count). The van der Waals surface area contributed by atoms with E-state index < -0.39 is 0 Å². The van der Waals surface area contributed by atoms with E-state index in [1.165, 1.54) is 111 Å². The predicted octanol–water partition coefficient (Wildman–Crippen LogP) is 11.4. The minimum absolute atomic E-state index is 0.161. The summed E-state index contributed by atoms with van der Waals surface area (Å²) in [5.41, 5.74) is 14.2. The molecule has 50 heavy (non-hydrogen) atoms. The van der Waals surface area contributed by atoms with E-state index in [2.05, 4.69) is 118 Å². The Morgan fingerprint density at radius 2 is 1.28 bits per heavy atom. The van der Waals surface area contributed by atoms with Crippen molar-refractivity contribution in [1.82, 2.24) is 4.57 Å². The van der Waals surface area contributed by atoms with Gasteiger partial charge in [0, 0.05) is 65.1 Å². The van der Waals surface area contributed by atoms with Gasteiger partial charge in [-0.25, -0.2) is 0 Å². The lowest BCUT2D eigenvalue weighted by Crippen LogP contribution is -2.30. The molecule has 1 atom stereocenters. The van der Waals surface area contributed by atoms with Crippen LogP contribution in [0.5, 0.6) is 0 Å². The van der Waals surface area contributed by atoms with Crippen molar-refractivity contribution in [3.8, 4) is 5.69 Å². The number of piperidine rings is 2. The summed E-state index contributed by atoms with van der Waals surface area (Å²) in [5.74, 6) is 0. The number of hydrogen-bond donors (Lipinski definition) is 0. The molecule has 3 heterocycles. The van der Waals surface area contributed by atoms with Gasteiger partial charge in [0.2, 0.25) is 0 Å². The SMILES string of the molecule is CC1(c2c3ccc(N4CCCCC4)cc3c(-n3c4c(c5c3CCC=C5)CCC=C4)c3ccc(N4CCCCC4)cc23)CC=Cc2ccccc21. The molecular formula is C47H49N3. The lowest BCUT2D eigenvalue weighted by Gasteiger charge is -2.37. The van der Waals surface area contributed by atoms with Crippen LogP contribution < -0.4 is 9.80 Å². The Morgan fingerprint density at radius 1 is 0.600 bits per heavy atom. The Hall–Kier alpha value is -4.50. The fourth-order valence-electron chi connectivity index (χ4n) is 10.3. The lowest BCUT2D eigenvalue weighted by atomic mass is 9.67. The van der Waals surface area contributed by atoms with E-state index in [9.17, 15) is 0 Å². The summed E-state index contributed by atoms with van der Waals surface area (Å²) < 4.78 is 2.73. The van der Waals surface area contributed by atoms with E-state index in [-0.39, 0.29) is 5.41 Å². The number of nitrogens with zero attached hydrogens (tertiary/aromatic N) is 3. The normalized spacial score (nSPS) is 21.5. The van der Waals surface area contributed by atoms with E-state index in [4.69, 9.17) is 0 Å². The Labute approximate surface area is 297 Å². The van der Waals surface area contributed by atoms with E-state index >= 15 is 0 Å². The highest BCUT2D eigenvalue weighted by atomic mass is 15.1. The standard InChI is InChI=1S/C47H49N3/c1-47(26-14-16-33-15-4-7-19-42(33)47)45-38-24-22-35(49-29-12-3-13-30-49)32-41(38)46(39-25-23-34(31-40(39)45)48-27-10-2-11-28-48)50-43-20-8-5-17-36(43)37-18-6-9-21-44(37)50/h4-5,7,9,14-17,19,21-25,31-32H,2-3,6,8,10-13,18,20,26-30H2,1H3. The van der Waals surface area contributed by atoms with Gasteiger partial charge < -0.3 is 14.4 Å². The molecule has 4 aromatic carbocycles. The summed E-state index contributed by atoms with van der Waals surface area (Å²) in [6.07, 6.45) is 27.7. The molecule has 0 spiro atoms. The quantitative estimate of drug-likeness (QED) is 0.179. The molecule has 0 saturated carbocycles. The van der Waals surface area contributed by atoms with Gasteiger partial charge in [0.05, 0.1) is 5.69 Å². The zero-order valence-electron chi connectivity index (χ0n) is 29.7. The molecule has 2 fully saturated rings. The zero-order valence-corrected chi connectivity index (χ0v) is 29.7. The summed E-state index contributed by atoms with van der Waals surface area (Å²) in [7, 11) is 0. The third-order valence-corrected chi connectivity index (χ3v) is 12.8. The summed E-state index contributed by atoms with van der Waals surface area (Å²) in [5, 5.41) is 5.64. The molecule has 2 saturated heterocycles. The first kappa shape index (κ1) is 30.3. The highest BCUT2D eigenvalue weighted by molar-refractivity contribution is 6.13. The molecule has 0 N–H and O–H groups in total. The summed E-state index contributed by atoms with van der Waals surface area (Å²) in [6, 6.07) is 24.3. The average molecular weight is 656 g/mol. The smallest absolute Gasteiger partial charge is 0.0616 e. The molecule has 5 aromatic rings. The van der Waals surface area contributed by atoms with E-state index in [0.29, 0.717) is 0 Å². The van der Waals surface area contributed by atoms with Gasteiger partial charge in [-0.15, -0.1) is 0 Å². The van der Waals surface area contributed by atoms with E-state index in [0.717, 1.165) is 58.3 Å². The lowest BCUT2D eigenvalue weighted by molar-refractivity contribution is 0.577. The first-order valence-electron chi connectivity index (χ1n) is 19.6. The van der Waals surface area contributed by atoms with Crippen LogP contribution in [0.1, 0.15) is 104 Å². The number of aromatic nitrogens is 1. The Bertz CT molecular complexity index is 2230. The second-order valence-electron chi connectivity index (χ2n) is 15.7. The van der Waals surface area contributed by atoms with Crippen LogP contribution in [0.15, 0.2) is 78.9 Å². The van der Waals surface area contributed by atoms with Crippen molar-refractivity contribution >= 4 is 51.1 Å². The second kappa shape index (κ2) is 12.1. The Kier molecular flexibility index (Phi) is 7.33. The van der Waals surface area contributed by atoms with Crippen LogP contribution in [0.2, 0.25) is 0 Å². The van der Waals surface area contributed by atoms with Crippen molar-refractivity contribution in [1.29, 1.82) is 0 Å². The number of rotatable bonds is 4. The molecule has 3 nitrogen and oxygen atoms in total. The molecule has 252 valence electrons. The van der Waals surface area contributed by atoms with Crippen LogP contribution >= 0.6 is 0 Å². The second-order valence-corrected chi connectivity index (χ2v) is 15.7. The van der Waals surface area contributed by atoms with Gasteiger partial charge in [-0.3, -0.25) is 0 Å². The van der Waals surface area contributed by atoms with Gasteiger partial charge in [0.15, 0.2) is 0 Å². The molecule has 0 radical (unpaired) electrons. The molecule has 3 heteroatoms. The molecule has 1 aromatic heterocycles. The maximum Gasteiger partial charge on any atom is 0.0616 e. The van der Waals surface area contributed by atoms with Crippen LogP contribution in [-0.2, 0) is 18.3 Å². The van der Waals surface area contributed by atoms with Gasteiger partial charge in [-0.2, -0.15) is 0 Å². The van der Waals surface area contributed by atoms with Gasteiger partial charge in [-0.1, -0.05) is 73.7 Å². The van der Waals surface area contributed by atoms with Gasteiger partial charge >= 0.3 is 0 Å². The molecule has 5 aliphatic rings. The minimum Gasteiger partial charge on any atom is -0.372 e. The summed E-state index contributed by atoms with van der Waals surface area (Å²) >= 11 is 0. The van der Waals surface area contributed by atoms with Crippen LogP contribution in [-0.4, -0.2) is 30.7 Å². The number of allylic oxidation sites excluding steroid dienone is 3. The number of hydrogen-bond acceptors (Lipinski definition) is 2. The molecular weight excluding hydrogens is 607 g/mol. The fraction of sp³-hybridized carbons (Fsp3) is 0.362. The topological polar surface area (TPSA) is 11.4 Å². The van der Waals surface area contributed by atoms with Gasteiger partial charge in [-0.05, 0) is 140 Å². The maximum absolute atomic E-state index is 2.73. The van der Waals surface area contributed by atoms with Gasteiger partial charge in [0.25, 0.3) is 0 Å². The molecule has 1 unspecified atom stereocenters. The number of fused-ring (bicyclic) bond motifs is 6. The van der Waals surface area contributed by atoms with Crippen LogP contribution in [0.3, 0.4) is 0 Å². The zero-order chi connectivity index (χ0) is 33.2. The number of anilines is 2. The Morgan fingerprint density at radius 3 is 2.06 bits per heavy atom. The van der Waals surface area contributed by atoms with Crippen molar-refractivity contribution < 1.29 is 0 Å².